The van der Waals surface area contributed by atoms with Gasteiger partial charge in [-0.05, 0) is 25.7 Å². The quantitative estimate of drug-likeness (QED) is 0.0624. The molecule has 0 spiro atoms. The minimum Gasteiger partial charge on any atom is -0.474 e. The molecule has 0 rings (SSSR count). The van der Waals surface area contributed by atoms with Crippen molar-refractivity contribution in [1.82, 2.24) is 0 Å². The summed E-state index contributed by atoms with van der Waals surface area (Å²) in [6.45, 7) is 6.41. The van der Waals surface area contributed by atoms with Gasteiger partial charge in [-0.3, -0.25) is 8.95 Å². The number of ether oxygens (including phenoxy) is 2. The number of carboxylic acids is 1. The minimum atomic E-state index is -2.77. The third-order valence-corrected chi connectivity index (χ3v) is 9.02. The van der Waals surface area contributed by atoms with E-state index in [0.717, 1.165) is 32.1 Å². The molecule has 0 heterocycles. The predicted octanol–water partition coefficient (Wildman–Crippen LogP) is 7.30. The van der Waals surface area contributed by atoms with Crippen molar-refractivity contribution in [2.45, 2.75) is 153 Å². The molecule has 0 bridgehead atoms. The Balaban J connectivity index is 4.49. The maximum atomic E-state index is 13.1. The lowest BCUT2D eigenvalue weighted by atomic mass is 10.1. The van der Waals surface area contributed by atoms with E-state index in [1.165, 1.54) is 70.6 Å². The van der Waals surface area contributed by atoms with Crippen LogP contribution in [0.3, 0.4) is 0 Å². The normalized spacial score (nSPS) is 16.0. The van der Waals surface area contributed by atoms with Gasteiger partial charge in [0, 0.05) is 21.8 Å². The molecule has 2 N–H and O–H groups in total. The van der Waals surface area contributed by atoms with Crippen LogP contribution in [-0.4, -0.2) is 49.8 Å². The Bertz CT molecular complexity index is 578. The lowest BCUT2D eigenvalue weighted by Crippen LogP contribution is -2.40. The molecule has 0 aromatic rings. The molecule has 0 aliphatic heterocycles. The molecule has 0 aliphatic carbocycles. The van der Waals surface area contributed by atoms with Crippen LogP contribution in [0.5, 0.6) is 0 Å². The maximum Gasteiger partial charge on any atom is 0.472 e. The highest BCUT2D eigenvalue weighted by Gasteiger charge is 2.50. The van der Waals surface area contributed by atoms with Gasteiger partial charge in [0.1, 0.15) is 0 Å². The summed E-state index contributed by atoms with van der Waals surface area (Å²) < 4.78 is 34.9. The Labute approximate surface area is 224 Å². The van der Waals surface area contributed by atoms with Crippen molar-refractivity contribution in [3.8, 4) is 0 Å². The van der Waals surface area contributed by atoms with Gasteiger partial charge in [-0.1, -0.05) is 115 Å². The third-order valence-electron chi connectivity index (χ3n) is 6.51. The standard InChI is InChI=1S/C27H53O7PS/c1-4-7-9-11-12-13-14-15-17-19-23-36(32)24(20-18-16-10-8-5-2)21-22-33-25(6-3)34-27(30,35-31)26(28)29/h24-25,30H,4-23H2,1-3H3,(H,28,29)/p+1. The van der Waals surface area contributed by atoms with E-state index in [-0.39, 0.29) is 11.9 Å². The van der Waals surface area contributed by atoms with Gasteiger partial charge in [0.15, 0.2) is 6.29 Å². The van der Waals surface area contributed by atoms with Crippen LogP contribution in [0.15, 0.2) is 0 Å². The second-order valence-electron chi connectivity index (χ2n) is 9.76. The van der Waals surface area contributed by atoms with Gasteiger partial charge in [0.2, 0.25) is 0 Å². The van der Waals surface area contributed by atoms with E-state index in [1.807, 2.05) is 0 Å². The van der Waals surface area contributed by atoms with Gasteiger partial charge in [0.25, 0.3) is 0 Å². The molecule has 36 heavy (non-hydrogen) atoms. The summed E-state index contributed by atoms with van der Waals surface area (Å²) in [5.41, 5.74) is -2.77. The van der Waals surface area contributed by atoms with E-state index in [2.05, 4.69) is 13.8 Å². The Hall–Kier alpha value is -0.400. The first kappa shape index (κ1) is 35.6. The van der Waals surface area contributed by atoms with Crippen LogP contribution in [-0.2, 0) is 29.6 Å². The average Bonchev–Trinajstić information content (AvgIpc) is 2.87. The van der Waals surface area contributed by atoms with Crippen molar-refractivity contribution in [1.29, 1.82) is 0 Å². The number of aliphatic hydroxyl groups is 1. The number of unbranched alkanes of at least 4 members (excludes halogenated alkanes) is 13. The second kappa shape index (κ2) is 23.7. The lowest BCUT2D eigenvalue weighted by molar-refractivity contribution is -0.252. The molecule has 0 saturated heterocycles. The Kier molecular flexibility index (Phi) is 23.4. The summed E-state index contributed by atoms with van der Waals surface area (Å²) >= 11 is 0. The number of hydrogen-bond acceptors (Lipinski definition) is 6. The largest absolute Gasteiger partial charge is 0.474 e. The van der Waals surface area contributed by atoms with Gasteiger partial charge in [-0.15, -0.1) is 0 Å². The first-order chi connectivity index (χ1) is 17.3. The van der Waals surface area contributed by atoms with Crippen LogP contribution >= 0.6 is 8.46 Å². The number of carboxylic acid groups (broad SMARTS) is 1. The third kappa shape index (κ3) is 18.0. The molecule has 5 unspecified atom stereocenters. The van der Waals surface area contributed by atoms with Crippen LogP contribution in [0.4, 0.5) is 0 Å². The van der Waals surface area contributed by atoms with E-state index in [0.29, 0.717) is 18.6 Å². The first-order valence-corrected chi connectivity index (χ1v) is 16.6. The highest BCUT2D eigenvalue weighted by molar-refractivity contribution is 7.85. The molecule has 7 nitrogen and oxygen atoms in total. The first-order valence-electron chi connectivity index (χ1n) is 14.4. The number of aliphatic carboxylic acids is 1. The zero-order chi connectivity index (χ0) is 27.1. The highest BCUT2D eigenvalue weighted by atomic mass is 32.2. The van der Waals surface area contributed by atoms with Gasteiger partial charge in [0.05, 0.1) is 6.61 Å². The maximum absolute atomic E-state index is 13.1. The van der Waals surface area contributed by atoms with E-state index in [1.54, 1.807) is 6.92 Å². The molecule has 0 saturated carbocycles. The fourth-order valence-corrected chi connectivity index (χ4v) is 6.03. The van der Waals surface area contributed by atoms with Crippen molar-refractivity contribution < 1.29 is 33.3 Å². The van der Waals surface area contributed by atoms with Crippen LogP contribution in [0.25, 0.3) is 0 Å². The predicted molar refractivity (Wildman–Crippen MR) is 149 cm³/mol. The van der Waals surface area contributed by atoms with E-state index >= 15 is 0 Å². The van der Waals surface area contributed by atoms with Crippen LogP contribution in [0.2, 0.25) is 0 Å². The fourth-order valence-electron chi connectivity index (χ4n) is 4.16. The van der Waals surface area contributed by atoms with Crippen molar-refractivity contribution in [2.75, 3.05) is 12.4 Å². The Morgan fingerprint density at radius 2 is 1.33 bits per heavy atom. The van der Waals surface area contributed by atoms with Crippen LogP contribution < -0.4 is 0 Å². The molecule has 214 valence electrons. The van der Waals surface area contributed by atoms with E-state index in [4.69, 9.17) is 14.6 Å². The topological polar surface area (TPSA) is 110 Å². The van der Waals surface area contributed by atoms with Gasteiger partial charge in [-0.25, -0.2) is 4.79 Å². The summed E-state index contributed by atoms with van der Waals surface area (Å²) in [6.07, 6.45) is 19.1. The van der Waals surface area contributed by atoms with E-state index < -0.39 is 37.0 Å². The fraction of sp³-hybridized carbons (Fsp3) is 0.963. The van der Waals surface area contributed by atoms with Gasteiger partial charge in [-0.2, -0.15) is 0 Å². The summed E-state index contributed by atoms with van der Waals surface area (Å²) in [5, 5.41) is 18.9. The number of carbonyl (C=O) groups is 1. The average molecular weight is 554 g/mol. The van der Waals surface area contributed by atoms with Gasteiger partial charge < -0.3 is 14.9 Å². The minimum absolute atomic E-state index is 0.0300. The Morgan fingerprint density at radius 3 is 1.81 bits per heavy atom. The van der Waals surface area contributed by atoms with Crippen LogP contribution in [0, 0.1) is 0 Å². The van der Waals surface area contributed by atoms with Gasteiger partial charge >= 0.3 is 20.0 Å². The SMILES string of the molecule is CCCCCCCCCCCCS(=O)C(CCCCCCC)CCOC(CC)OC(O)([PH+]=O)C(=O)O. The summed E-state index contributed by atoms with van der Waals surface area (Å²) in [6, 6.07) is 0. The Morgan fingerprint density at radius 1 is 0.833 bits per heavy atom. The molecular formula is C27H54O7PS+. The molecule has 0 aromatic carbocycles. The van der Waals surface area contributed by atoms with Crippen LogP contribution in [0.1, 0.15) is 136 Å². The molecule has 9 heteroatoms. The molecule has 0 aromatic heterocycles. The van der Waals surface area contributed by atoms with Crippen molar-refractivity contribution >= 4 is 25.2 Å². The zero-order valence-electron chi connectivity index (χ0n) is 23.1. The van der Waals surface area contributed by atoms with Crippen molar-refractivity contribution in [2.24, 2.45) is 0 Å². The molecule has 0 aliphatic rings. The molecule has 0 fully saturated rings. The highest BCUT2D eigenvalue weighted by Crippen LogP contribution is 2.25. The summed E-state index contributed by atoms with van der Waals surface area (Å²) in [4.78, 5) is 11.1. The smallest absolute Gasteiger partial charge is 0.472 e. The summed E-state index contributed by atoms with van der Waals surface area (Å²) in [7, 11) is -2.51. The monoisotopic (exact) mass is 553 g/mol. The number of hydrogen-bond donors (Lipinski definition) is 2. The number of rotatable bonds is 27. The van der Waals surface area contributed by atoms with Crippen molar-refractivity contribution in [3.63, 3.8) is 0 Å². The zero-order valence-corrected chi connectivity index (χ0v) is 25.0. The summed E-state index contributed by atoms with van der Waals surface area (Å²) in [5.74, 6) is -1.000. The second-order valence-corrected chi connectivity index (χ2v) is 12.5. The molecular weight excluding hydrogens is 499 g/mol. The molecule has 5 atom stereocenters. The molecule has 0 amide bonds. The lowest BCUT2D eigenvalue weighted by Gasteiger charge is -2.22. The van der Waals surface area contributed by atoms with Crippen molar-refractivity contribution in [3.05, 3.63) is 0 Å². The van der Waals surface area contributed by atoms with E-state index in [9.17, 15) is 18.7 Å². The molecule has 0 radical (unpaired) electrons.